The first-order chi connectivity index (χ1) is 12.0. The summed E-state index contributed by atoms with van der Waals surface area (Å²) in [4.78, 5) is 14.2. The van der Waals surface area contributed by atoms with Crippen molar-refractivity contribution in [2.24, 2.45) is 0 Å². The second kappa shape index (κ2) is 7.60. The molecular weight excluding hydrogens is 364 g/mol. The van der Waals surface area contributed by atoms with Crippen molar-refractivity contribution in [3.8, 4) is 0 Å². The molecule has 1 aromatic rings. The lowest BCUT2D eigenvalue weighted by Crippen LogP contribution is -2.50. The minimum Gasteiger partial charge on any atom is -0.444 e. The molecule has 1 saturated heterocycles. The summed E-state index contributed by atoms with van der Waals surface area (Å²) in [5.74, 6) is 0. The molecular formula is C18H25F2NO4S. The van der Waals surface area contributed by atoms with Crippen molar-refractivity contribution in [3.63, 3.8) is 0 Å². The maximum atomic E-state index is 13.9. The molecule has 1 aliphatic heterocycles. The average Bonchev–Trinajstić information content (AvgIpc) is 2.83. The molecule has 5 nitrogen and oxygen atoms in total. The first-order valence-electron chi connectivity index (χ1n) is 8.30. The molecule has 1 aromatic carbocycles. The second-order valence-corrected chi connectivity index (χ2v) is 8.96. The first kappa shape index (κ1) is 20.8. The molecule has 3 atom stereocenters. The van der Waals surface area contributed by atoms with Crippen molar-refractivity contribution in [2.45, 2.75) is 63.0 Å². The molecule has 8 heteroatoms. The summed E-state index contributed by atoms with van der Waals surface area (Å²) in [6.45, 7) is 7.74. The predicted octanol–water partition coefficient (Wildman–Crippen LogP) is 4.10. The summed E-state index contributed by atoms with van der Waals surface area (Å²) in [5, 5.41) is 0. The topological polar surface area (TPSA) is 55.8 Å². The number of carbonyl (C=O) groups excluding carboxylic acids is 1. The van der Waals surface area contributed by atoms with Gasteiger partial charge in [0.1, 0.15) is 24.1 Å². The monoisotopic (exact) mass is 389 g/mol. The maximum Gasteiger partial charge on any atom is 0.413 e. The van der Waals surface area contributed by atoms with E-state index < -0.39 is 53.0 Å². The summed E-state index contributed by atoms with van der Waals surface area (Å²) in [7, 11) is -1.72. The number of hydrogen-bond donors (Lipinski definition) is 0. The third kappa shape index (κ3) is 4.40. The Bertz CT molecular complexity index is 673. The minimum absolute atomic E-state index is 0.342. The highest BCUT2D eigenvalue weighted by Gasteiger charge is 2.51. The summed E-state index contributed by atoms with van der Waals surface area (Å²) in [6, 6.07) is 4.44. The van der Waals surface area contributed by atoms with Crippen LogP contribution in [0.3, 0.4) is 0 Å². The van der Waals surface area contributed by atoms with Gasteiger partial charge >= 0.3 is 6.09 Å². The van der Waals surface area contributed by atoms with Crippen LogP contribution in [0.2, 0.25) is 0 Å². The van der Waals surface area contributed by atoms with Crippen molar-refractivity contribution in [1.29, 1.82) is 0 Å². The van der Waals surface area contributed by atoms with Gasteiger partial charge in [-0.05, 0) is 52.3 Å². The zero-order valence-corrected chi connectivity index (χ0v) is 16.4. The Morgan fingerprint density at radius 2 is 1.85 bits per heavy atom. The van der Waals surface area contributed by atoms with Crippen LogP contribution in [-0.2, 0) is 20.3 Å². The number of ether oxygens (including phenoxy) is 2. The van der Waals surface area contributed by atoms with Gasteiger partial charge in [-0.15, -0.1) is 0 Å². The van der Waals surface area contributed by atoms with Crippen LogP contribution < -0.4 is 0 Å². The average molecular weight is 389 g/mol. The molecule has 0 N–H and O–H groups in total. The highest BCUT2D eigenvalue weighted by molar-refractivity contribution is 7.84. The third-order valence-electron chi connectivity index (χ3n) is 4.00. The maximum absolute atomic E-state index is 13.9. The van der Waals surface area contributed by atoms with Gasteiger partial charge in [-0.1, -0.05) is 12.1 Å². The summed E-state index contributed by atoms with van der Waals surface area (Å²) in [5.41, 5.74) is -1.17. The Morgan fingerprint density at radius 3 is 2.31 bits per heavy atom. The predicted molar refractivity (Wildman–Crippen MR) is 94.6 cm³/mol. The van der Waals surface area contributed by atoms with Gasteiger partial charge in [-0.3, -0.25) is 9.11 Å². The Labute approximate surface area is 155 Å². The van der Waals surface area contributed by atoms with Crippen LogP contribution in [-0.4, -0.2) is 45.3 Å². The van der Waals surface area contributed by atoms with Gasteiger partial charge in [0.15, 0.2) is 6.01 Å². The fraction of sp³-hybridized carbons (Fsp3) is 0.611. The smallest absolute Gasteiger partial charge is 0.413 e. The summed E-state index contributed by atoms with van der Waals surface area (Å²) < 4.78 is 49.3. The Kier molecular flexibility index (Phi) is 6.07. The largest absolute Gasteiger partial charge is 0.444 e. The molecule has 1 aliphatic rings. The van der Waals surface area contributed by atoms with Gasteiger partial charge in [-0.25, -0.2) is 13.6 Å². The molecule has 1 fully saturated rings. The zero-order chi connectivity index (χ0) is 19.7. The zero-order valence-electron chi connectivity index (χ0n) is 15.6. The Morgan fingerprint density at radius 1 is 1.27 bits per heavy atom. The van der Waals surface area contributed by atoms with E-state index in [-0.39, 0.29) is 0 Å². The SMILES string of the molecule is CC(C)(C)OC(=O)N1C(CF)C(c2ccc(S(=O)CF)cc2)OC1(C)C. The van der Waals surface area contributed by atoms with Crippen molar-refractivity contribution in [3.05, 3.63) is 29.8 Å². The standard InChI is InChI=1S/C18H25F2NO4S/c1-17(2,3)25-16(22)21-14(10-19)15(24-18(21,4)5)12-6-8-13(9-7-12)26(23)11-20/h6-9,14-15H,10-11H2,1-5H3. The van der Waals surface area contributed by atoms with Gasteiger partial charge in [0.2, 0.25) is 0 Å². The number of hydrogen-bond acceptors (Lipinski definition) is 4. The van der Waals surface area contributed by atoms with E-state index in [1.165, 1.54) is 17.0 Å². The van der Waals surface area contributed by atoms with Crippen LogP contribution in [0.4, 0.5) is 13.6 Å². The van der Waals surface area contributed by atoms with Crippen LogP contribution in [0, 0.1) is 0 Å². The lowest BCUT2D eigenvalue weighted by Gasteiger charge is -2.34. The van der Waals surface area contributed by atoms with E-state index in [0.717, 1.165) is 0 Å². The molecule has 1 amide bonds. The fourth-order valence-electron chi connectivity index (χ4n) is 2.96. The van der Waals surface area contributed by atoms with Crippen LogP contribution >= 0.6 is 0 Å². The van der Waals surface area contributed by atoms with E-state index >= 15 is 0 Å². The highest BCUT2D eigenvalue weighted by atomic mass is 32.2. The van der Waals surface area contributed by atoms with Crippen LogP contribution in [0.5, 0.6) is 0 Å². The molecule has 0 aromatic heterocycles. The number of rotatable bonds is 4. The molecule has 0 radical (unpaired) electrons. The number of benzene rings is 1. The number of carbonyl (C=O) groups is 1. The van der Waals surface area contributed by atoms with E-state index in [1.807, 2.05) is 0 Å². The number of amides is 1. The van der Waals surface area contributed by atoms with E-state index in [0.29, 0.717) is 10.5 Å². The van der Waals surface area contributed by atoms with Gasteiger partial charge in [0.05, 0.1) is 16.8 Å². The number of halogens is 2. The fourth-order valence-corrected chi connectivity index (χ4v) is 3.53. The van der Waals surface area contributed by atoms with Crippen molar-refractivity contribution >= 4 is 16.9 Å². The number of nitrogens with zero attached hydrogens (tertiary/aromatic N) is 1. The molecule has 2 rings (SSSR count). The van der Waals surface area contributed by atoms with Crippen LogP contribution in [0.1, 0.15) is 46.3 Å². The van der Waals surface area contributed by atoms with E-state index in [1.54, 1.807) is 46.8 Å². The van der Waals surface area contributed by atoms with Crippen molar-refractivity contribution < 1.29 is 27.3 Å². The molecule has 0 aliphatic carbocycles. The van der Waals surface area contributed by atoms with E-state index in [2.05, 4.69) is 0 Å². The van der Waals surface area contributed by atoms with Gasteiger partial charge in [0, 0.05) is 4.90 Å². The summed E-state index contributed by atoms with van der Waals surface area (Å²) >= 11 is 0. The lowest BCUT2D eigenvalue weighted by atomic mass is 10.0. The number of alkyl halides is 2. The van der Waals surface area contributed by atoms with E-state index in [4.69, 9.17) is 9.47 Å². The highest BCUT2D eigenvalue weighted by Crippen LogP contribution is 2.42. The van der Waals surface area contributed by atoms with Crippen molar-refractivity contribution in [2.75, 3.05) is 12.7 Å². The van der Waals surface area contributed by atoms with Crippen LogP contribution in [0.15, 0.2) is 29.2 Å². The first-order valence-corrected chi connectivity index (χ1v) is 9.62. The van der Waals surface area contributed by atoms with Gasteiger partial charge in [0.25, 0.3) is 0 Å². The molecule has 26 heavy (non-hydrogen) atoms. The molecule has 0 spiro atoms. The minimum atomic E-state index is -1.72. The lowest BCUT2D eigenvalue weighted by molar-refractivity contribution is -0.0797. The molecule has 146 valence electrons. The normalized spacial score (nSPS) is 23.7. The van der Waals surface area contributed by atoms with Crippen LogP contribution in [0.25, 0.3) is 0 Å². The summed E-state index contributed by atoms with van der Waals surface area (Å²) in [6.07, 6.45) is -1.36. The Hall–Kier alpha value is -1.54. The molecule has 3 unspecified atom stereocenters. The second-order valence-electron chi connectivity index (χ2n) is 7.58. The molecule has 0 bridgehead atoms. The Balaban J connectivity index is 2.30. The molecule has 1 heterocycles. The van der Waals surface area contributed by atoms with E-state index in [9.17, 15) is 17.8 Å². The molecule has 0 saturated carbocycles. The van der Waals surface area contributed by atoms with Crippen molar-refractivity contribution in [1.82, 2.24) is 4.90 Å². The third-order valence-corrected chi connectivity index (χ3v) is 4.99. The van der Waals surface area contributed by atoms with Gasteiger partial charge in [-0.2, -0.15) is 0 Å². The quantitative estimate of drug-likeness (QED) is 0.778. The van der Waals surface area contributed by atoms with Gasteiger partial charge < -0.3 is 9.47 Å².